The molecule has 0 atom stereocenters. The van der Waals surface area contributed by atoms with Crippen molar-refractivity contribution in [3.05, 3.63) is 78.4 Å². The van der Waals surface area contributed by atoms with Crippen molar-refractivity contribution in [2.75, 3.05) is 13.1 Å². The van der Waals surface area contributed by atoms with Crippen LogP contribution in [0.15, 0.2) is 72.2 Å². The summed E-state index contributed by atoms with van der Waals surface area (Å²) in [5, 5.41) is 6.33. The Bertz CT molecular complexity index is 934. The van der Waals surface area contributed by atoms with Gasteiger partial charge < -0.3 is 15.2 Å². The van der Waals surface area contributed by atoms with Gasteiger partial charge in [0.05, 0.1) is 19.4 Å². The highest BCUT2D eigenvalue weighted by atomic mass is 15.2. The van der Waals surface area contributed by atoms with Gasteiger partial charge in [-0.05, 0) is 29.2 Å². The molecule has 0 saturated carbocycles. The molecule has 0 unspecified atom stereocenters. The molecule has 0 radical (unpaired) electrons. The monoisotopic (exact) mass is 371 g/mol. The van der Waals surface area contributed by atoms with Gasteiger partial charge in [-0.25, -0.2) is 9.98 Å². The van der Waals surface area contributed by atoms with Crippen LogP contribution < -0.4 is 10.6 Å². The van der Waals surface area contributed by atoms with Gasteiger partial charge >= 0.3 is 0 Å². The van der Waals surface area contributed by atoms with E-state index in [0.717, 1.165) is 19.0 Å². The predicted molar refractivity (Wildman–Crippen MR) is 115 cm³/mol. The molecule has 0 bridgehead atoms. The Morgan fingerprint density at radius 1 is 1.14 bits per heavy atom. The van der Waals surface area contributed by atoms with Gasteiger partial charge in [-0.2, -0.15) is 0 Å². The number of benzene rings is 2. The van der Waals surface area contributed by atoms with E-state index >= 15 is 0 Å². The van der Waals surface area contributed by atoms with Gasteiger partial charge in [-0.1, -0.05) is 54.5 Å². The molecule has 0 aliphatic carbocycles. The van der Waals surface area contributed by atoms with E-state index in [-0.39, 0.29) is 0 Å². The number of hydrogen-bond donors (Lipinski definition) is 2. The second kappa shape index (κ2) is 9.98. The van der Waals surface area contributed by atoms with Crippen LogP contribution in [0.3, 0.4) is 0 Å². The second-order valence-electron chi connectivity index (χ2n) is 6.34. The van der Waals surface area contributed by atoms with Crippen molar-refractivity contribution in [2.24, 2.45) is 4.99 Å². The van der Waals surface area contributed by atoms with Gasteiger partial charge in [-0.3, -0.25) is 0 Å². The molecule has 0 fully saturated rings. The smallest absolute Gasteiger partial charge is 0.192 e. The lowest BCUT2D eigenvalue weighted by atomic mass is 9.98. The highest BCUT2D eigenvalue weighted by Gasteiger charge is 2.05. The minimum Gasteiger partial charge on any atom is -0.357 e. The summed E-state index contributed by atoms with van der Waals surface area (Å²) < 4.78 is 2.06. The van der Waals surface area contributed by atoms with E-state index < -0.39 is 0 Å². The van der Waals surface area contributed by atoms with Gasteiger partial charge in [0.1, 0.15) is 0 Å². The molecule has 0 saturated heterocycles. The normalized spacial score (nSPS) is 11.1. The van der Waals surface area contributed by atoms with Crippen molar-refractivity contribution in [3.63, 3.8) is 0 Å². The van der Waals surface area contributed by atoms with Crippen LogP contribution in [0.4, 0.5) is 0 Å². The number of nitrogens with one attached hydrogen (secondary N) is 2. The molecule has 3 aromatic rings. The zero-order valence-corrected chi connectivity index (χ0v) is 16.1. The third kappa shape index (κ3) is 5.24. The molecule has 1 heterocycles. The highest BCUT2D eigenvalue weighted by Crippen LogP contribution is 2.25. The first-order chi connectivity index (χ1) is 13.8. The van der Waals surface area contributed by atoms with Crippen LogP contribution >= 0.6 is 0 Å². The molecule has 3 rings (SSSR count). The Kier molecular flexibility index (Phi) is 6.86. The number of aliphatic imine (C=N–C) groups is 1. The van der Waals surface area contributed by atoms with Crippen LogP contribution in [-0.4, -0.2) is 28.6 Å². The van der Waals surface area contributed by atoms with Crippen molar-refractivity contribution in [1.82, 2.24) is 20.2 Å². The summed E-state index contributed by atoms with van der Waals surface area (Å²) in [5.74, 6) is 3.30. The molecule has 2 N–H and O–H groups in total. The summed E-state index contributed by atoms with van der Waals surface area (Å²) in [6, 6.07) is 17.0. The van der Waals surface area contributed by atoms with E-state index in [0.29, 0.717) is 13.1 Å². The molecule has 0 aliphatic rings. The van der Waals surface area contributed by atoms with Gasteiger partial charge in [0.15, 0.2) is 5.96 Å². The summed E-state index contributed by atoms with van der Waals surface area (Å²) >= 11 is 0. The Labute approximate surface area is 166 Å². The minimum absolute atomic E-state index is 0.450. The summed E-state index contributed by atoms with van der Waals surface area (Å²) in [6.07, 6.45) is 10.9. The molecule has 0 amide bonds. The van der Waals surface area contributed by atoms with Crippen LogP contribution in [0.2, 0.25) is 0 Å². The third-order valence-electron chi connectivity index (χ3n) is 4.32. The Morgan fingerprint density at radius 3 is 2.68 bits per heavy atom. The third-order valence-corrected chi connectivity index (χ3v) is 4.32. The number of hydrogen-bond acceptors (Lipinski definition) is 2. The van der Waals surface area contributed by atoms with Gasteiger partial charge in [0.25, 0.3) is 0 Å². The average Bonchev–Trinajstić information content (AvgIpc) is 3.24. The summed E-state index contributed by atoms with van der Waals surface area (Å²) in [4.78, 5) is 8.75. The number of rotatable bonds is 7. The van der Waals surface area contributed by atoms with E-state index in [1.54, 1.807) is 6.20 Å². The fraction of sp³-hybridized carbons (Fsp3) is 0.217. The van der Waals surface area contributed by atoms with Crippen LogP contribution in [0.5, 0.6) is 0 Å². The number of nitrogens with zero attached hydrogens (tertiary/aromatic N) is 3. The first kappa shape index (κ1) is 19.2. The summed E-state index contributed by atoms with van der Waals surface area (Å²) in [5.41, 5.74) is 4.78. The molecule has 1 aromatic heterocycles. The Morgan fingerprint density at radius 2 is 1.96 bits per heavy atom. The van der Waals surface area contributed by atoms with E-state index in [1.807, 2.05) is 25.5 Å². The van der Waals surface area contributed by atoms with E-state index in [1.165, 1.54) is 22.3 Å². The topological polar surface area (TPSA) is 54.2 Å². The molecule has 5 nitrogen and oxygen atoms in total. The van der Waals surface area contributed by atoms with Crippen LogP contribution in [0.1, 0.15) is 18.1 Å². The predicted octanol–water partition coefficient (Wildman–Crippen LogP) is 3.29. The zero-order chi connectivity index (χ0) is 19.6. The number of terminal acetylenes is 1. The van der Waals surface area contributed by atoms with Crippen molar-refractivity contribution in [1.29, 1.82) is 0 Å². The lowest BCUT2D eigenvalue weighted by Crippen LogP contribution is -2.37. The van der Waals surface area contributed by atoms with E-state index in [2.05, 4.69) is 73.6 Å². The van der Waals surface area contributed by atoms with Gasteiger partial charge in [0.2, 0.25) is 0 Å². The van der Waals surface area contributed by atoms with Gasteiger partial charge in [0, 0.05) is 25.5 Å². The lowest BCUT2D eigenvalue weighted by Gasteiger charge is -2.12. The van der Waals surface area contributed by atoms with Crippen molar-refractivity contribution >= 4 is 5.96 Å². The fourth-order valence-corrected chi connectivity index (χ4v) is 2.96. The van der Waals surface area contributed by atoms with Gasteiger partial charge in [-0.15, -0.1) is 6.42 Å². The van der Waals surface area contributed by atoms with E-state index in [9.17, 15) is 0 Å². The molecule has 5 heteroatoms. The maximum atomic E-state index is 5.33. The fourth-order valence-electron chi connectivity index (χ4n) is 2.96. The molecule has 142 valence electrons. The minimum atomic E-state index is 0.450. The molecule has 0 aliphatic heterocycles. The number of aromatic nitrogens is 2. The molecule has 2 aromatic carbocycles. The lowest BCUT2D eigenvalue weighted by molar-refractivity contribution is 0.797. The van der Waals surface area contributed by atoms with Crippen molar-refractivity contribution in [2.45, 2.75) is 20.0 Å². The quantitative estimate of drug-likeness (QED) is 0.381. The molecule has 0 spiro atoms. The van der Waals surface area contributed by atoms with Crippen LogP contribution in [0, 0.1) is 12.3 Å². The summed E-state index contributed by atoms with van der Waals surface area (Å²) in [6.45, 7) is 4.67. The zero-order valence-electron chi connectivity index (χ0n) is 16.1. The van der Waals surface area contributed by atoms with Crippen molar-refractivity contribution < 1.29 is 0 Å². The van der Waals surface area contributed by atoms with Crippen LogP contribution in [0.25, 0.3) is 11.1 Å². The Balaban J connectivity index is 1.77. The number of guanidine groups is 1. The first-order valence-corrected chi connectivity index (χ1v) is 9.38. The van der Waals surface area contributed by atoms with Crippen LogP contribution in [-0.2, 0) is 13.1 Å². The van der Waals surface area contributed by atoms with Crippen molar-refractivity contribution in [3.8, 4) is 23.5 Å². The standard InChI is InChI=1S/C23H25N5/c1-3-13-26-23(25-4-2)27-16-21-7-5-6-8-22(21)20-11-9-19(10-12-20)17-28-15-14-24-18-28/h1,5-12,14-15,18H,4,13,16-17H2,2H3,(H2,25,26,27). The average molecular weight is 371 g/mol. The largest absolute Gasteiger partial charge is 0.357 e. The molecule has 28 heavy (non-hydrogen) atoms. The highest BCUT2D eigenvalue weighted by molar-refractivity contribution is 5.80. The maximum absolute atomic E-state index is 5.33. The summed E-state index contributed by atoms with van der Waals surface area (Å²) in [7, 11) is 0. The SMILES string of the molecule is C#CCNC(=NCc1ccccc1-c1ccc(Cn2ccnc2)cc1)NCC. The molecular weight excluding hydrogens is 346 g/mol. The maximum Gasteiger partial charge on any atom is 0.192 e. The number of imidazole rings is 1. The van der Waals surface area contributed by atoms with E-state index in [4.69, 9.17) is 6.42 Å². The second-order valence-corrected chi connectivity index (χ2v) is 6.34. The Hall–Kier alpha value is -3.52. The first-order valence-electron chi connectivity index (χ1n) is 9.38. The molecular formula is C23H25N5.